The topological polar surface area (TPSA) is 37.4 Å². The van der Waals surface area contributed by atoms with Crippen LogP contribution in [-0.4, -0.2) is 18.2 Å². The van der Waals surface area contributed by atoms with E-state index in [1.807, 2.05) is 25.1 Å². The quantitative estimate of drug-likeness (QED) is 0.814. The van der Waals surface area contributed by atoms with Crippen LogP contribution in [-0.2, 0) is 11.2 Å². The summed E-state index contributed by atoms with van der Waals surface area (Å²) in [6, 6.07) is 12.6. The molecule has 1 aliphatic rings. The summed E-state index contributed by atoms with van der Waals surface area (Å²) in [5.74, 6) is -0.119. The monoisotopic (exact) mass is 299 g/mol. The Labute approximate surface area is 128 Å². The molecule has 0 unspecified atom stereocenters. The van der Waals surface area contributed by atoms with Gasteiger partial charge in [-0.25, -0.2) is 0 Å². The fraction of sp³-hybridized carbons (Fsp3) is 0.176. The minimum atomic E-state index is -0.0894. The highest BCUT2D eigenvalue weighted by Gasteiger charge is 2.28. The molecule has 0 aliphatic carbocycles. The third-order valence-corrected chi connectivity index (χ3v) is 3.89. The predicted molar refractivity (Wildman–Crippen MR) is 83.0 cm³/mol. The lowest BCUT2D eigenvalue weighted by Crippen LogP contribution is -2.32. The van der Waals surface area contributed by atoms with Crippen LogP contribution in [0.2, 0.25) is 5.02 Å². The molecule has 2 aromatic carbocycles. The van der Waals surface area contributed by atoms with Crippen LogP contribution in [0.3, 0.4) is 0 Å². The number of carbonyl (C=O) groups excluding carboxylic acids is 2. The number of nitrogens with zero attached hydrogens (tertiary/aromatic N) is 1. The molecular formula is C17H14ClNO2. The molecular weight excluding hydrogens is 286 g/mol. The standard InChI is InChI=1S/C17H14ClNO2/c1-11-2-7-15-13(8-11)9-17(21)19(15)10-16(20)12-3-5-14(18)6-4-12/h2-8H,9-10H2,1H3. The minimum absolute atomic E-state index is 0.0297. The van der Waals surface area contributed by atoms with E-state index in [4.69, 9.17) is 11.6 Å². The molecule has 0 radical (unpaired) electrons. The first-order chi connectivity index (χ1) is 10.0. The second kappa shape index (κ2) is 5.34. The second-order valence-corrected chi connectivity index (χ2v) is 5.66. The molecule has 2 aromatic rings. The Morgan fingerprint density at radius 3 is 2.62 bits per heavy atom. The van der Waals surface area contributed by atoms with Crippen LogP contribution in [0, 0.1) is 6.92 Å². The summed E-state index contributed by atoms with van der Waals surface area (Å²) in [6.45, 7) is 2.06. The molecule has 3 rings (SSSR count). The molecule has 1 amide bonds. The van der Waals surface area contributed by atoms with Crippen LogP contribution >= 0.6 is 11.6 Å². The van der Waals surface area contributed by atoms with Crippen molar-refractivity contribution in [3.63, 3.8) is 0 Å². The zero-order chi connectivity index (χ0) is 15.0. The maximum Gasteiger partial charge on any atom is 0.231 e. The summed E-state index contributed by atoms with van der Waals surface area (Å²) < 4.78 is 0. The number of fused-ring (bicyclic) bond motifs is 1. The first kappa shape index (κ1) is 13.8. The summed E-state index contributed by atoms with van der Waals surface area (Å²) in [7, 11) is 0. The number of benzene rings is 2. The molecule has 3 nitrogen and oxygen atoms in total. The van der Waals surface area contributed by atoms with Gasteiger partial charge in [0.25, 0.3) is 0 Å². The zero-order valence-electron chi connectivity index (χ0n) is 11.6. The van der Waals surface area contributed by atoms with Crippen molar-refractivity contribution < 1.29 is 9.59 Å². The van der Waals surface area contributed by atoms with Gasteiger partial charge in [0.1, 0.15) is 0 Å². The van der Waals surface area contributed by atoms with Crippen LogP contribution in [0.4, 0.5) is 5.69 Å². The van der Waals surface area contributed by atoms with E-state index in [1.165, 1.54) is 0 Å². The maximum absolute atomic E-state index is 12.3. The molecule has 0 fully saturated rings. The van der Waals surface area contributed by atoms with Crippen LogP contribution in [0.15, 0.2) is 42.5 Å². The molecule has 0 saturated carbocycles. The number of hydrogen-bond acceptors (Lipinski definition) is 2. The van der Waals surface area contributed by atoms with Gasteiger partial charge < -0.3 is 4.90 Å². The van der Waals surface area contributed by atoms with Crippen molar-refractivity contribution in [1.82, 2.24) is 0 Å². The van der Waals surface area contributed by atoms with E-state index in [9.17, 15) is 9.59 Å². The highest BCUT2D eigenvalue weighted by Crippen LogP contribution is 2.29. The van der Waals surface area contributed by atoms with Gasteiger partial charge in [0, 0.05) is 16.3 Å². The highest BCUT2D eigenvalue weighted by molar-refractivity contribution is 6.30. The normalized spacial score (nSPS) is 13.4. The molecule has 1 heterocycles. The van der Waals surface area contributed by atoms with Crippen LogP contribution in [0.25, 0.3) is 0 Å². The molecule has 0 N–H and O–H groups in total. The molecule has 0 aromatic heterocycles. The minimum Gasteiger partial charge on any atom is -0.304 e. The molecule has 0 atom stereocenters. The van der Waals surface area contributed by atoms with Crippen LogP contribution in [0.1, 0.15) is 21.5 Å². The number of carbonyl (C=O) groups is 2. The van der Waals surface area contributed by atoms with Gasteiger partial charge in [-0.2, -0.15) is 0 Å². The van der Waals surface area contributed by atoms with Crippen molar-refractivity contribution >= 4 is 29.0 Å². The van der Waals surface area contributed by atoms with Gasteiger partial charge in [0.2, 0.25) is 5.91 Å². The Morgan fingerprint density at radius 1 is 1.19 bits per heavy atom. The fourth-order valence-electron chi connectivity index (χ4n) is 2.56. The number of Topliss-reactive ketones (excluding diaryl/α,β-unsaturated/α-hetero) is 1. The third-order valence-electron chi connectivity index (χ3n) is 3.64. The number of ketones is 1. The molecule has 0 bridgehead atoms. The number of halogens is 1. The SMILES string of the molecule is Cc1ccc2c(c1)CC(=O)N2CC(=O)c1ccc(Cl)cc1. The summed E-state index contributed by atoms with van der Waals surface area (Å²) in [5.41, 5.74) is 3.51. The van der Waals surface area contributed by atoms with Gasteiger partial charge in [0.05, 0.1) is 13.0 Å². The molecule has 4 heteroatoms. The van der Waals surface area contributed by atoms with Gasteiger partial charge in [0.15, 0.2) is 5.78 Å². The summed E-state index contributed by atoms with van der Waals surface area (Å²) in [4.78, 5) is 26.0. The molecule has 0 spiro atoms. The van der Waals surface area contributed by atoms with E-state index < -0.39 is 0 Å². The van der Waals surface area contributed by atoms with E-state index in [0.29, 0.717) is 17.0 Å². The van der Waals surface area contributed by atoms with E-state index in [-0.39, 0.29) is 18.2 Å². The fourth-order valence-corrected chi connectivity index (χ4v) is 2.68. The van der Waals surface area contributed by atoms with Crippen LogP contribution in [0.5, 0.6) is 0 Å². The van der Waals surface area contributed by atoms with Crippen molar-refractivity contribution in [3.05, 3.63) is 64.2 Å². The number of aryl methyl sites for hydroxylation is 1. The predicted octanol–water partition coefficient (Wildman–Crippen LogP) is 3.42. The zero-order valence-corrected chi connectivity index (χ0v) is 12.4. The van der Waals surface area contributed by atoms with Gasteiger partial charge in [-0.1, -0.05) is 29.3 Å². The average Bonchev–Trinajstić information content (AvgIpc) is 2.75. The van der Waals surface area contributed by atoms with Crippen LogP contribution < -0.4 is 4.90 Å². The number of hydrogen-bond donors (Lipinski definition) is 0. The molecule has 106 valence electrons. The lowest BCUT2D eigenvalue weighted by Gasteiger charge is -2.16. The maximum atomic E-state index is 12.3. The lowest BCUT2D eigenvalue weighted by atomic mass is 10.1. The van der Waals surface area contributed by atoms with E-state index in [2.05, 4.69) is 0 Å². The Hall–Kier alpha value is -2.13. The second-order valence-electron chi connectivity index (χ2n) is 5.22. The summed E-state index contributed by atoms with van der Waals surface area (Å²) in [5, 5.41) is 0.588. The Bertz CT molecular complexity index is 722. The highest BCUT2D eigenvalue weighted by atomic mass is 35.5. The number of amides is 1. The van der Waals surface area contributed by atoms with Crippen molar-refractivity contribution in [1.29, 1.82) is 0 Å². The van der Waals surface area contributed by atoms with Gasteiger partial charge in [-0.15, -0.1) is 0 Å². The average molecular weight is 300 g/mol. The summed E-state index contributed by atoms with van der Waals surface area (Å²) >= 11 is 5.82. The third kappa shape index (κ3) is 2.69. The van der Waals surface area contributed by atoms with Crippen molar-refractivity contribution in [2.75, 3.05) is 11.4 Å². The Kier molecular flexibility index (Phi) is 3.52. The van der Waals surface area contributed by atoms with Gasteiger partial charge in [-0.05, 0) is 42.8 Å². The van der Waals surface area contributed by atoms with Crippen molar-refractivity contribution in [2.45, 2.75) is 13.3 Å². The van der Waals surface area contributed by atoms with Gasteiger partial charge >= 0.3 is 0 Å². The molecule has 1 aliphatic heterocycles. The first-order valence-corrected chi connectivity index (χ1v) is 7.11. The van der Waals surface area contributed by atoms with E-state index >= 15 is 0 Å². The molecule has 0 saturated heterocycles. The van der Waals surface area contributed by atoms with Crippen molar-refractivity contribution in [3.8, 4) is 0 Å². The number of anilines is 1. The largest absolute Gasteiger partial charge is 0.304 e. The first-order valence-electron chi connectivity index (χ1n) is 6.73. The van der Waals surface area contributed by atoms with Gasteiger partial charge in [-0.3, -0.25) is 9.59 Å². The Balaban J connectivity index is 1.84. The smallest absolute Gasteiger partial charge is 0.231 e. The lowest BCUT2D eigenvalue weighted by molar-refractivity contribution is -0.117. The molecule has 21 heavy (non-hydrogen) atoms. The van der Waals surface area contributed by atoms with E-state index in [0.717, 1.165) is 16.8 Å². The summed E-state index contributed by atoms with van der Waals surface area (Å²) in [6.07, 6.45) is 0.366. The van der Waals surface area contributed by atoms with E-state index in [1.54, 1.807) is 29.2 Å². The van der Waals surface area contributed by atoms with Crippen molar-refractivity contribution in [2.24, 2.45) is 0 Å². The Morgan fingerprint density at radius 2 is 1.90 bits per heavy atom. The number of rotatable bonds is 3.